The van der Waals surface area contributed by atoms with Crippen LogP contribution in [0.4, 0.5) is 0 Å². The highest BCUT2D eigenvalue weighted by molar-refractivity contribution is 6.31. The van der Waals surface area contributed by atoms with Gasteiger partial charge < -0.3 is 14.8 Å². The van der Waals surface area contributed by atoms with Gasteiger partial charge in [0.25, 0.3) is 0 Å². The van der Waals surface area contributed by atoms with Gasteiger partial charge in [-0.25, -0.2) is 0 Å². The highest BCUT2D eigenvalue weighted by Gasteiger charge is 1.99. The van der Waals surface area contributed by atoms with Crippen LogP contribution in [-0.4, -0.2) is 20.3 Å². The first-order chi connectivity index (χ1) is 10.2. The van der Waals surface area contributed by atoms with E-state index in [4.69, 9.17) is 21.1 Å². The van der Waals surface area contributed by atoms with E-state index in [9.17, 15) is 0 Å². The van der Waals surface area contributed by atoms with Crippen molar-refractivity contribution in [2.45, 2.75) is 13.5 Å². The molecule has 0 aliphatic carbocycles. The van der Waals surface area contributed by atoms with Crippen LogP contribution < -0.4 is 14.8 Å². The molecule has 0 radical (unpaired) electrons. The fraction of sp³-hybridized carbons (Fsp3) is 0.294. The summed E-state index contributed by atoms with van der Waals surface area (Å²) in [5, 5.41) is 3.86. The van der Waals surface area contributed by atoms with Gasteiger partial charge in [-0.1, -0.05) is 23.7 Å². The minimum absolute atomic E-state index is 0.499. The van der Waals surface area contributed by atoms with Crippen LogP contribution in [-0.2, 0) is 6.54 Å². The second-order valence-corrected chi connectivity index (χ2v) is 5.19. The van der Waals surface area contributed by atoms with E-state index in [2.05, 4.69) is 17.4 Å². The van der Waals surface area contributed by atoms with Gasteiger partial charge >= 0.3 is 0 Å². The van der Waals surface area contributed by atoms with Crippen molar-refractivity contribution in [3.05, 3.63) is 58.6 Å². The first-order valence-corrected chi connectivity index (χ1v) is 7.32. The van der Waals surface area contributed by atoms with Gasteiger partial charge in [0.05, 0.1) is 0 Å². The molecule has 0 spiro atoms. The van der Waals surface area contributed by atoms with Crippen molar-refractivity contribution in [2.75, 3.05) is 20.3 Å². The Labute approximate surface area is 130 Å². The number of halogens is 1. The molecule has 2 rings (SSSR count). The van der Waals surface area contributed by atoms with Gasteiger partial charge in [-0.15, -0.1) is 0 Å². The Hall–Kier alpha value is -1.71. The minimum atomic E-state index is 0.499. The molecule has 2 aromatic carbocycles. The predicted molar refractivity (Wildman–Crippen MR) is 86.4 cm³/mol. The number of aryl methyl sites for hydroxylation is 1. The summed E-state index contributed by atoms with van der Waals surface area (Å²) in [4.78, 5) is 0. The van der Waals surface area contributed by atoms with Crippen molar-refractivity contribution in [1.29, 1.82) is 0 Å². The summed E-state index contributed by atoms with van der Waals surface area (Å²) < 4.78 is 11.3. The number of rotatable bonds is 7. The summed E-state index contributed by atoms with van der Waals surface area (Å²) in [5.41, 5.74) is 2.24. The molecular formula is C17H20ClNO2. The molecule has 3 nitrogen and oxygen atoms in total. The van der Waals surface area contributed by atoms with E-state index in [1.54, 1.807) is 0 Å². The van der Waals surface area contributed by atoms with Gasteiger partial charge in [0.1, 0.15) is 24.7 Å². The van der Waals surface area contributed by atoms with Gasteiger partial charge in [0.15, 0.2) is 0 Å². The highest BCUT2D eigenvalue weighted by atomic mass is 35.5. The van der Waals surface area contributed by atoms with Gasteiger partial charge in [-0.2, -0.15) is 0 Å². The lowest BCUT2D eigenvalue weighted by atomic mass is 10.2. The van der Waals surface area contributed by atoms with E-state index < -0.39 is 0 Å². The third-order valence-electron chi connectivity index (χ3n) is 3.05. The van der Waals surface area contributed by atoms with Crippen molar-refractivity contribution in [3.8, 4) is 11.5 Å². The lowest BCUT2D eigenvalue weighted by Crippen LogP contribution is -2.09. The predicted octanol–water partition coefficient (Wildman–Crippen LogP) is 3.83. The zero-order valence-corrected chi connectivity index (χ0v) is 13.1. The molecule has 0 bridgehead atoms. The van der Waals surface area contributed by atoms with Crippen LogP contribution >= 0.6 is 11.6 Å². The van der Waals surface area contributed by atoms with Crippen LogP contribution in [0.1, 0.15) is 11.1 Å². The third-order valence-corrected chi connectivity index (χ3v) is 3.48. The Morgan fingerprint density at radius 2 is 1.57 bits per heavy atom. The quantitative estimate of drug-likeness (QED) is 0.789. The fourth-order valence-corrected chi connectivity index (χ4v) is 2.05. The number of hydrogen-bond donors (Lipinski definition) is 1. The van der Waals surface area contributed by atoms with Crippen LogP contribution in [0.25, 0.3) is 0 Å². The topological polar surface area (TPSA) is 30.5 Å². The van der Waals surface area contributed by atoms with Crippen LogP contribution in [0, 0.1) is 6.92 Å². The lowest BCUT2D eigenvalue weighted by Gasteiger charge is -2.10. The van der Waals surface area contributed by atoms with Gasteiger partial charge in [0.2, 0.25) is 0 Å². The first kappa shape index (κ1) is 15.7. The van der Waals surface area contributed by atoms with E-state index in [-0.39, 0.29) is 0 Å². The monoisotopic (exact) mass is 305 g/mol. The second kappa shape index (κ2) is 7.91. The standard InChI is InChI=1S/C17H20ClNO2/c1-13-11-16(7-8-17(13)18)21-10-9-20-15-5-3-14(4-6-15)12-19-2/h3-8,11,19H,9-10,12H2,1-2H3. The first-order valence-electron chi connectivity index (χ1n) is 6.94. The molecule has 0 saturated carbocycles. The number of hydrogen-bond acceptors (Lipinski definition) is 3. The Morgan fingerprint density at radius 1 is 0.952 bits per heavy atom. The summed E-state index contributed by atoms with van der Waals surface area (Å²) in [6, 6.07) is 13.7. The zero-order valence-electron chi connectivity index (χ0n) is 12.4. The van der Waals surface area contributed by atoms with Crippen LogP contribution in [0.2, 0.25) is 5.02 Å². The molecular weight excluding hydrogens is 286 g/mol. The van der Waals surface area contributed by atoms with Crippen molar-refractivity contribution >= 4 is 11.6 Å². The Morgan fingerprint density at radius 3 is 2.19 bits per heavy atom. The van der Waals surface area contributed by atoms with E-state index in [1.165, 1.54) is 5.56 Å². The van der Waals surface area contributed by atoms with E-state index in [0.29, 0.717) is 13.2 Å². The zero-order chi connectivity index (χ0) is 15.1. The largest absolute Gasteiger partial charge is 0.490 e. The maximum atomic E-state index is 5.97. The molecule has 0 saturated heterocycles. The normalized spacial score (nSPS) is 10.4. The van der Waals surface area contributed by atoms with Gasteiger partial charge in [0, 0.05) is 11.6 Å². The number of ether oxygens (including phenoxy) is 2. The second-order valence-electron chi connectivity index (χ2n) is 4.78. The van der Waals surface area contributed by atoms with E-state index >= 15 is 0 Å². The van der Waals surface area contributed by atoms with Crippen LogP contribution in [0.15, 0.2) is 42.5 Å². The van der Waals surface area contributed by atoms with E-state index in [1.807, 2.05) is 44.3 Å². The summed E-state index contributed by atoms with van der Waals surface area (Å²) in [6.07, 6.45) is 0. The number of benzene rings is 2. The minimum Gasteiger partial charge on any atom is -0.490 e. The van der Waals surface area contributed by atoms with Crippen molar-refractivity contribution in [2.24, 2.45) is 0 Å². The molecule has 2 aromatic rings. The van der Waals surface area contributed by atoms with E-state index in [0.717, 1.165) is 28.6 Å². The molecule has 0 aliphatic rings. The Kier molecular flexibility index (Phi) is 5.90. The number of nitrogens with one attached hydrogen (secondary N) is 1. The molecule has 4 heteroatoms. The smallest absolute Gasteiger partial charge is 0.122 e. The molecule has 1 N–H and O–H groups in total. The average molecular weight is 306 g/mol. The molecule has 0 unspecified atom stereocenters. The molecule has 0 aliphatic heterocycles. The maximum absolute atomic E-state index is 5.97. The van der Waals surface area contributed by atoms with Crippen molar-refractivity contribution in [1.82, 2.24) is 5.32 Å². The summed E-state index contributed by atoms with van der Waals surface area (Å²) in [5.74, 6) is 1.66. The molecule has 0 amide bonds. The average Bonchev–Trinajstić information content (AvgIpc) is 2.49. The molecule has 0 fully saturated rings. The summed E-state index contributed by atoms with van der Waals surface area (Å²) in [7, 11) is 1.93. The van der Waals surface area contributed by atoms with Gasteiger partial charge in [-0.3, -0.25) is 0 Å². The molecule has 112 valence electrons. The Balaban J connectivity index is 1.75. The van der Waals surface area contributed by atoms with Crippen LogP contribution in [0.5, 0.6) is 11.5 Å². The molecule has 0 aromatic heterocycles. The lowest BCUT2D eigenvalue weighted by molar-refractivity contribution is 0.217. The fourth-order valence-electron chi connectivity index (χ4n) is 1.93. The van der Waals surface area contributed by atoms with Crippen LogP contribution in [0.3, 0.4) is 0 Å². The summed E-state index contributed by atoms with van der Waals surface area (Å²) in [6.45, 7) is 3.82. The summed E-state index contributed by atoms with van der Waals surface area (Å²) >= 11 is 5.97. The van der Waals surface area contributed by atoms with Crippen molar-refractivity contribution < 1.29 is 9.47 Å². The van der Waals surface area contributed by atoms with Crippen molar-refractivity contribution in [3.63, 3.8) is 0 Å². The maximum Gasteiger partial charge on any atom is 0.122 e. The molecule has 0 heterocycles. The third kappa shape index (κ3) is 4.96. The van der Waals surface area contributed by atoms with Gasteiger partial charge in [-0.05, 0) is 55.4 Å². The SMILES string of the molecule is CNCc1ccc(OCCOc2ccc(Cl)c(C)c2)cc1. The Bertz CT molecular complexity index is 570. The molecule has 21 heavy (non-hydrogen) atoms. The molecule has 0 atom stereocenters. The highest BCUT2D eigenvalue weighted by Crippen LogP contribution is 2.21.